The third kappa shape index (κ3) is 1.08. The second kappa shape index (κ2) is 2.76. The molecule has 4 unspecified atom stereocenters. The number of nitrogens with zero attached hydrogens (tertiary/aromatic N) is 3. The van der Waals surface area contributed by atoms with E-state index in [4.69, 9.17) is 4.52 Å². The fourth-order valence-corrected chi connectivity index (χ4v) is 2.54. The first kappa shape index (κ1) is 8.35. The van der Waals surface area contributed by atoms with Crippen molar-refractivity contribution in [1.29, 1.82) is 0 Å². The number of halogens is 1. The minimum absolute atomic E-state index is 0.0647. The molecule has 0 aliphatic carbocycles. The maximum absolute atomic E-state index is 13.4. The standard InChI is InChI=1S/C9H12FN3O/c1-5-11-9(14-12-5)7-3-13-2-6(7)8(10)4-13/h6-8H,2-4H2,1H3. The molecule has 0 aromatic carbocycles. The van der Waals surface area contributed by atoms with Gasteiger partial charge in [0.05, 0.1) is 5.92 Å². The van der Waals surface area contributed by atoms with Gasteiger partial charge in [0.15, 0.2) is 5.82 Å². The van der Waals surface area contributed by atoms with Crippen molar-refractivity contribution in [2.24, 2.45) is 5.92 Å². The SMILES string of the molecule is Cc1noc(C2CN3CC(F)C2C3)n1. The van der Waals surface area contributed by atoms with Gasteiger partial charge in [-0.15, -0.1) is 0 Å². The highest BCUT2D eigenvalue weighted by atomic mass is 19.1. The van der Waals surface area contributed by atoms with Crippen molar-refractivity contribution in [1.82, 2.24) is 15.0 Å². The number of hydrogen-bond acceptors (Lipinski definition) is 4. The van der Waals surface area contributed by atoms with Crippen LogP contribution in [-0.2, 0) is 0 Å². The fourth-order valence-electron chi connectivity index (χ4n) is 2.54. The van der Waals surface area contributed by atoms with Crippen LogP contribution in [0, 0.1) is 12.8 Å². The van der Waals surface area contributed by atoms with E-state index in [0.29, 0.717) is 18.3 Å². The van der Waals surface area contributed by atoms with Gasteiger partial charge in [-0.2, -0.15) is 4.98 Å². The van der Waals surface area contributed by atoms with E-state index in [2.05, 4.69) is 15.0 Å². The average Bonchev–Trinajstić information content (AvgIpc) is 2.77. The third-order valence-corrected chi connectivity index (χ3v) is 3.20. The van der Waals surface area contributed by atoms with E-state index in [1.54, 1.807) is 6.92 Å². The van der Waals surface area contributed by atoms with Crippen LogP contribution in [0.5, 0.6) is 0 Å². The molecule has 4 atom stereocenters. The molecule has 2 bridgehead atoms. The molecule has 2 saturated heterocycles. The van der Waals surface area contributed by atoms with Crippen LogP contribution in [0.25, 0.3) is 0 Å². The lowest BCUT2D eigenvalue weighted by atomic mass is 9.91. The Hall–Kier alpha value is -0.970. The van der Waals surface area contributed by atoms with E-state index in [0.717, 1.165) is 13.1 Å². The summed E-state index contributed by atoms with van der Waals surface area (Å²) in [4.78, 5) is 6.30. The number of alkyl halides is 1. The maximum atomic E-state index is 13.4. The van der Waals surface area contributed by atoms with Gasteiger partial charge in [0, 0.05) is 25.6 Å². The Morgan fingerprint density at radius 3 is 2.86 bits per heavy atom. The molecular formula is C9H12FN3O. The minimum atomic E-state index is -0.721. The Bertz CT molecular complexity index is 354. The Morgan fingerprint density at radius 1 is 1.43 bits per heavy atom. The zero-order valence-electron chi connectivity index (χ0n) is 7.98. The monoisotopic (exact) mass is 197 g/mol. The number of piperidine rings is 1. The first-order valence-electron chi connectivity index (χ1n) is 4.90. The number of fused-ring (bicyclic) bond motifs is 2. The van der Waals surface area contributed by atoms with Gasteiger partial charge in [0.25, 0.3) is 0 Å². The van der Waals surface area contributed by atoms with Gasteiger partial charge < -0.3 is 4.52 Å². The van der Waals surface area contributed by atoms with Crippen LogP contribution in [0.4, 0.5) is 4.39 Å². The Labute approximate surface area is 81.1 Å². The maximum Gasteiger partial charge on any atom is 0.231 e. The van der Waals surface area contributed by atoms with E-state index in [-0.39, 0.29) is 11.8 Å². The van der Waals surface area contributed by atoms with Crippen molar-refractivity contribution in [3.8, 4) is 0 Å². The van der Waals surface area contributed by atoms with Crippen LogP contribution in [0.3, 0.4) is 0 Å². The molecule has 1 aromatic rings. The summed E-state index contributed by atoms with van der Waals surface area (Å²) in [5.41, 5.74) is 0. The molecule has 0 radical (unpaired) electrons. The first-order chi connectivity index (χ1) is 6.74. The molecule has 0 amide bonds. The summed E-state index contributed by atoms with van der Waals surface area (Å²) in [6.45, 7) is 4.07. The second-order valence-corrected chi connectivity index (χ2v) is 4.18. The molecule has 2 fully saturated rings. The Kier molecular flexibility index (Phi) is 1.65. The van der Waals surface area contributed by atoms with Crippen LogP contribution in [0.1, 0.15) is 17.6 Å². The fraction of sp³-hybridized carbons (Fsp3) is 0.778. The zero-order chi connectivity index (χ0) is 9.71. The summed E-state index contributed by atoms with van der Waals surface area (Å²) >= 11 is 0. The number of rotatable bonds is 1. The molecule has 3 rings (SSSR count). The molecule has 3 heterocycles. The summed E-state index contributed by atoms with van der Waals surface area (Å²) in [5.74, 6) is 1.42. The van der Waals surface area contributed by atoms with Gasteiger partial charge in [-0.3, -0.25) is 4.90 Å². The van der Waals surface area contributed by atoms with Crippen molar-refractivity contribution in [3.05, 3.63) is 11.7 Å². The molecule has 2 aliphatic rings. The van der Waals surface area contributed by atoms with Gasteiger partial charge in [-0.05, 0) is 6.92 Å². The number of aryl methyl sites for hydroxylation is 1. The molecule has 0 N–H and O–H groups in total. The van der Waals surface area contributed by atoms with Gasteiger partial charge >= 0.3 is 0 Å². The molecule has 1 aromatic heterocycles. The van der Waals surface area contributed by atoms with Crippen LogP contribution in [0.15, 0.2) is 4.52 Å². The predicted molar refractivity (Wildman–Crippen MR) is 46.6 cm³/mol. The number of aromatic nitrogens is 2. The lowest BCUT2D eigenvalue weighted by Gasteiger charge is -2.21. The highest BCUT2D eigenvalue weighted by Gasteiger charge is 2.48. The lowest BCUT2D eigenvalue weighted by molar-refractivity contribution is 0.186. The molecule has 2 aliphatic heterocycles. The van der Waals surface area contributed by atoms with Gasteiger partial charge in [-0.25, -0.2) is 4.39 Å². The number of hydrogen-bond donors (Lipinski definition) is 0. The molecule has 5 heteroatoms. The summed E-state index contributed by atoms with van der Waals surface area (Å²) in [6.07, 6.45) is -0.721. The van der Waals surface area contributed by atoms with E-state index in [1.807, 2.05) is 0 Å². The Balaban J connectivity index is 1.87. The summed E-state index contributed by atoms with van der Waals surface area (Å²) in [5, 5.41) is 3.74. The largest absolute Gasteiger partial charge is 0.339 e. The zero-order valence-corrected chi connectivity index (χ0v) is 7.98. The van der Waals surface area contributed by atoms with E-state index < -0.39 is 6.17 Å². The average molecular weight is 197 g/mol. The lowest BCUT2D eigenvalue weighted by Crippen LogP contribution is -2.30. The summed E-state index contributed by atoms with van der Waals surface area (Å²) in [7, 11) is 0. The van der Waals surface area contributed by atoms with E-state index in [9.17, 15) is 4.39 Å². The molecule has 14 heavy (non-hydrogen) atoms. The Morgan fingerprint density at radius 2 is 2.29 bits per heavy atom. The normalized spacial score (nSPS) is 40.7. The summed E-state index contributed by atoms with van der Waals surface area (Å²) in [6, 6.07) is 0. The summed E-state index contributed by atoms with van der Waals surface area (Å²) < 4.78 is 18.5. The molecule has 0 spiro atoms. The van der Waals surface area contributed by atoms with Gasteiger partial charge in [0.2, 0.25) is 5.89 Å². The predicted octanol–water partition coefficient (Wildman–Crippen LogP) is 0.745. The highest BCUT2D eigenvalue weighted by molar-refractivity contribution is 5.08. The van der Waals surface area contributed by atoms with Crippen LogP contribution in [-0.4, -0.2) is 40.8 Å². The van der Waals surface area contributed by atoms with Crippen molar-refractivity contribution < 1.29 is 8.91 Å². The van der Waals surface area contributed by atoms with Gasteiger partial charge in [-0.1, -0.05) is 5.16 Å². The van der Waals surface area contributed by atoms with Crippen molar-refractivity contribution in [2.45, 2.75) is 19.0 Å². The molecular weight excluding hydrogens is 185 g/mol. The smallest absolute Gasteiger partial charge is 0.231 e. The topological polar surface area (TPSA) is 42.2 Å². The second-order valence-electron chi connectivity index (χ2n) is 4.18. The van der Waals surface area contributed by atoms with E-state index >= 15 is 0 Å². The molecule has 76 valence electrons. The van der Waals surface area contributed by atoms with Crippen molar-refractivity contribution in [3.63, 3.8) is 0 Å². The van der Waals surface area contributed by atoms with Crippen LogP contribution >= 0.6 is 0 Å². The van der Waals surface area contributed by atoms with Crippen molar-refractivity contribution >= 4 is 0 Å². The quantitative estimate of drug-likeness (QED) is 0.666. The highest BCUT2D eigenvalue weighted by Crippen LogP contribution is 2.40. The molecule has 0 saturated carbocycles. The van der Waals surface area contributed by atoms with Crippen LogP contribution < -0.4 is 0 Å². The third-order valence-electron chi connectivity index (χ3n) is 3.20. The first-order valence-corrected chi connectivity index (χ1v) is 4.90. The molecule has 4 nitrogen and oxygen atoms in total. The van der Waals surface area contributed by atoms with Gasteiger partial charge in [0.1, 0.15) is 6.17 Å². The van der Waals surface area contributed by atoms with Crippen LogP contribution in [0.2, 0.25) is 0 Å². The van der Waals surface area contributed by atoms with E-state index in [1.165, 1.54) is 0 Å². The van der Waals surface area contributed by atoms with Crippen molar-refractivity contribution in [2.75, 3.05) is 19.6 Å². The minimum Gasteiger partial charge on any atom is -0.339 e.